The highest BCUT2D eigenvalue weighted by Crippen LogP contribution is 2.39. The largest absolute Gasteiger partial charge is 0.418 e. The minimum atomic E-state index is -4.54. The second kappa shape index (κ2) is 14.3. The molecule has 0 radical (unpaired) electrons. The lowest BCUT2D eigenvalue weighted by Crippen LogP contribution is -2.60. The molecule has 2 heterocycles. The van der Waals surface area contributed by atoms with Crippen LogP contribution in [0.15, 0.2) is 36.4 Å². The maximum Gasteiger partial charge on any atom is 0.418 e. The fourth-order valence-corrected chi connectivity index (χ4v) is 5.95. The van der Waals surface area contributed by atoms with Crippen molar-refractivity contribution < 1.29 is 27.5 Å². The highest BCUT2D eigenvalue weighted by molar-refractivity contribution is 6.35. The monoisotopic (exact) mass is 629 g/mol. The Labute approximate surface area is 254 Å². The lowest BCUT2D eigenvalue weighted by atomic mass is 10.0. The van der Waals surface area contributed by atoms with Gasteiger partial charge < -0.3 is 30.1 Å². The number of alkyl halides is 3. The summed E-state index contributed by atoms with van der Waals surface area (Å²) in [6.45, 7) is 4.44. The number of carbonyl (C=O) groups is 2. The summed E-state index contributed by atoms with van der Waals surface area (Å²) in [6, 6.07) is 8.38. The molecule has 2 aromatic rings. The predicted octanol–water partition coefficient (Wildman–Crippen LogP) is 3.83. The first kappa shape index (κ1) is 32.3. The Morgan fingerprint density at radius 1 is 1.10 bits per heavy atom. The van der Waals surface area contributed by atoms with Crippen LogP contribution < -0.4 is 15.5 Å². The third-order valence-corrected chi connectivity index (χ3v) is 8.19. The Morgan fingerprint density at radius 2 is 1.83 bits per heavy atom. The van der Waals surface area contributed by atoms with Crippen LogP contribution in [0, 0.1) is 0 Å². The van der Waals surface area contributed by atoms with Crippen molar-refractivity contribution >= 4 is 40.7 Å². The lowest BCUT2D eigenvalue weighted by molar-refractivity contribution is -0.146. The summed E-state index contributed by atoms with van der Waals surface area (Å²) in [7, 11) is 1.57. The van der Waals surface area contributed by atoms with Gasteiger partial charge in [0, 0.05) is 75.4 Å². The summed E-state index contributed by atoms with van der Waals surface area (Å²) in [4.78, 5) is 31.6. The van der Waals surface area contributed by atoms with Gasteiger partial charge in [-0.1, -0.05) is 41.4 Å². The summed E-state index contributed by atoms with van der Waals surface area (Å²) in [5.74, 6) is -0.447. The number of hydrogen-bond acceptors (Lipinski definition) is 6. The normalized spacial score (nSPS) is 17.9. The fraction of sp³-hybridized carbons (Fsp3) is 0.517. The van der Waals surface area contributed by atoms with Crippen molar-refractivity contribution in [3.8, 4) is 0 Å². The molecular formula is C29H36Cl2F3N5O3. The zero-order chi connectivity index (χ0) is 30.4. The number of rotatable bonds is 10. The van der Waals surface area contributed by atoms with Crippen LogP contribution in [-0.4, -0.2) is 93.2 Å². The second-order valence-electron chi connectivity index (χ2n) is 10.6. The van der Waals surface area contributed by atoms with Crippen LogP contribution in [0.3, 0.4) is 0 Å². The standard InChI is InChI=1S/C29H36Cl2F3N5O3/c1-19(18-42-2)36-16-21-4-3-5-23(29(32,33)34)27(21)37-10-12-38(13-11-37)28(41)25(39-9-8-35-17-26(39)40)14-20-6-7-22(30)15-24(20)31/h3-7,15,19,25,35-36H,8-14,16-18H2,1-2H3. The first-order chi connectivity index (χ1) is 20.0. The van der Waals surface area contributed by atoms with E-state index in [4.69, 9.17) is 27.9 Å². The van der Waals surface area contributed by atoms with Gasteiger partial charge in [0.2, 0.25) is 11.8 Å². The molecule has 2 atom stereocenters. The summed E-state index contributed by atoms with van der Waals surface area (Å²) in [5.41, 5.74) is 0.621. The van der Waals surface area contributed by atoms with Gasteiger partial charge in [0.1, 0.15) is 6.04 Å². The zero-order valence-corrected chi connectivity index (χ0v) is 25.2. The smallest absolute Gasteiger partial charge is 0.383 e. The van der Waals surface area contributed by atoms with Crippen molar-refractivity contribution in [2.45, 2.75) is 38.1 Å². The number of hydrogen-bond donors (Lipinski definition) is 2. The maximum absolute atomic E-state index is 14.1. The van der Waals surface area contributed by atoms with Crippen LogP contribution in [0.1, 0.15) is 23.6 Å². The molecule has 2 fully saturated rings. The molecule has 42 heavy (non-hydrogen) atoms. The molecule has 2 amide bonds. The van der Waals surface area contributed by atoms with E-state index in [2.05, 4.69) is 10.6 Å². The lowest BCUT2D eigenvalue weighted by Gasteiger charge is -2.42. The molecule has 0 aromatic heterocycles. The third kappa shape index (κ3) is 7.87. The van der Waals surface area contributed by atoms with E-state index in [1.165, 1.54) is 6.07 Å². The summed E-state index contributed by atoms with van der Waals surface area (Å²) >= 11 is 12.5. The molecule has 8 nitrogen and oxygen atoms in total. The maximum atomic E-state index is 14.1. The van der Waals surface area contributed by atoms with Gasteiger partial charge in [-0.05, 0) is 36.2 Å². The minimum Gasteiger partial charge on any atom is -0.383 e. The topological polar surface area (TPSA) is 77.2 Å². The molecule has 2 aliphatic heterocycles. The molecule has 13 heteroatoms. The highest BCUT2D eigenvalue weighted by atomic mass is 35.5. The van der Waals surface area contributed by atoms with E-state index in [0.717, 1.165) is 6.07 Å². The minimum absolute atomic E-state index is 0.0503. The Kier molecular flexibility index (Phi) is 11.0. The summed E-state index contributed by atoms with van der Waals surface area (Å²) in [5, 5.41) is 7.11. The molecule has 2 aliphatic rings. The number of benzene rings is 2. The number of carbonyl (C=O) groups excluding carboxylic acids is 2. The molecular weight excluding hydrogens is 594 g/mol. The molecule has 2 aromatic carbocycles. The van der Waals surface area contributed by atoms with Crippen LogP contribution in [-0.2, 0) is 33.5 Å². The van der Waals surface area contributed by atoms with Crippen molar-refractivity contribution in [1.82, 2.24) is 20.4 Å². The summed E-state index contributed by atoms with van der Waals surface area (Å²) < 4.78 is 47.5. The number of amides is 2. The highest BCUT2D eigenvalue weighted by Gasteiger charge is 2.39. The molecule has 230 valence electrons. The van der Waals surface area contributed by atoms with Crippen LogP contribution in [0.4, 0.5) is 18.9 Å². The van der Waals surface area contributed by atoms with Crippen LogP contribution in [0.2, 0.25) is 10.0 Å². The van der Waals surface area contributed by atoms with Crippen molar-refractivity contribution in [3.63, 3.8) is 0 Å². The third-order valence-electron chi connectivity index (χ3n) is 7.61. The van der Waals surface area contributed by atoms with Gasteiger partial charge in [-0.25, -0.2) is 0 Å². The van der Waals surface area contributed by atoms with Gasteiger partial charge in [-0.3, -0.25) is 9.59 Å². The van der Waals surface area contributed by atoms with Gasteiger partial charge in [-0.2, -0.15) is 13.2 Å². The van der Waals surface area contributed by atoms with Gasteiger partial charge in [0.05, 0.1) is 24.4 Å². The number of piperazine rings is 2. The molecule has 0 aliphatic carbocycles. The molecule has 2 unspecified atom stereocenters. The van der Waals surface area contributed by atoms with Gasteiger partial charge in [0.15, 0.2) is 0 Å². The number of anilines is 1. The van der Waals surface area contributed by atoms with Gasteiger partial charge in [0.25, 0.3) is 0 Å². The molecule has 4 rings (SSSR count). The SMILES string of the molecule is COCC(C)NCc1cccc(C(F)(F)F)c1N1CCN(C(=O)C(Cc2ccc(Cl)cc2Cl)N2CCNCC2=O)CC1. The molecule has 2 N–H and O–H groups in total. The second-order valence-corrected chi connectivity index (χ2v) is 11.4. The van der Waals surface area contributed by atoms with Crippen LogP contribution in [0.25, 0.3) is 0 Å². The molecule has 2 saturated heterocycles. The van der Waals surface area contributed by atoms with E-state index in [0.29, 0.717) is 40.9 Å². The average Bonchev–Trinajstić information content (AvgIpc) is 2.95. The number of ether oxygens (including phenoxy) is 1. The van der Waals surface area contributed by atoms with Gasteiger partial charge in [-0.15, -0.1) is 0 Å². The van der Waals surface area contributed by atoms with E-state index in [9.17, 15) is 22.8 Å². The van der Waals surface area contributed by atoms with Crippen molar-refractivity contribution in [1.29, 1.82) is 0 Å². The number of methoxy groups -OCH3 is 1. The van der Waals surface area contributed by atoms with Crippen LogP contribution in [0.5, 0.6) is 0 Å². The van der Waals surface area contributed by atoms with E-state index >= 15 is 0 Å². The Morgan fingerprint density at radius 3 is 2.48 bits per heavy atom. The van der Waals surface area contributed by atoms with E-state index < -0.39 is 17.8 Å². The summed E-state index contributed by atoms with van der Waals surface area (Å²) in [6.07, 6.45) is -4.34. The van der Waals surface area contributed by atoms with Crippen molar-refractivity contribution in [2.24, 2.45) is 0 Å². The van der Waals surface area contributed by atoms with Crippen LogP contribution >= 0.6 is 23.2 Å². The molecule has 0 saturated carbocycles. The Bertz CT molecular complexity index is 1260. The first-order valence-corrected chi connectivity index (χ1v) is 14.6. The average molecular weight is 631 g/mol. The zero-order valence-electron chi connectivity index (χ0n) is 23.6. The predicted molar refractivity (Wildman–Crippen MR) is 157 cm³/mol. The van der Waals surface area contributed by atoms with Gasteiger partial charge >= 0.3 is 6.18 Å². The number of halogens is 5. The van der Waals surface area contributed by atoms with E-state index in [1.54, 1.807) is 46.1 Å². The fourth-order valence-electron chi connectivity index (χ4n) is 5.47. The van der Waals surface area contributed by atoms with Crippen molar-refractivity contribution in [3.05, 3.63) is 63.1 Å². The Balaban J connectivity index is 1.54. The number of nitrogens with one attached hydrogen (secondary N) is 2. The Hall–Kier alpha value is -2.57. The molecule has 0 spiro atoms. The number of para-hydroxylation sites is 1. The quantitative estimate of drug-likeness (QED) is 0.416. The van der Waals surface area contributed by atoms with E-state index in [1.807, 2.05) is 6.92 Å². The number of nitrogens with zero attached hydrogens (tertiary/aromatic N) is 3. The molecule has 0 bridgehead atoms. The van der Waals surface area contributed by atoms with Crippen molar-refractivity contribution in [2.75, 3.05) is 64.4 Å². The van der Waals surface area contributed by atoms with E-state index in [-0.39, 0.29) is 69.2 Å². The first-order valence-electron chi connectivity index (χ1n) is 13.9.